The van der Waals surface area contributed by atoms with Crippen LogP contribution in [0.15, 0.2) is 108 Å². The van der Waals surface area contributed by atoms with Crippen LogP contribution in [0.4, 0.5) is 10.1 Å². The first-order valence-electron chi connectivity index (χ1n) is 12.5. The third-order valence-corrected chi connectivity index (χ3v) is 6.93. The third kappa shape index (κ3) is 8.06. The summed E-state index contributed by atoms with van der Waals surface area (Å²) in [6.45, 7) is 0. The summed E-state index contributed by atoms with van der Waals surface area (Å²) >= 11 is 1.33. The van der Waals surface area contributed by atoms with E-state index in [0.29, 0.717) is 33.9 Å². The minimum Gasteiger partial charge on any atom is -0.497 e. The van der Waals surface area contributed by atoms with E-state index in [9.17, 15) is 18.8 Å². The molecule has 0 heterocycles. The predicted molar refractivity (Wildman–Crippen MR) is 158 cm³/mol. The number of hydrogen-bond acceptors (Lipinski definition) is 6. The van der Waals surface area contributed by atoms with Crippen LogP contribution in [0.2, 0.25) is 0 Å². The number of ketones is 1. The molecule has 0 aliphatic carbocycles. The largest absolute Gasteiger partial charge is 0.497 e. The Bertz CT molecular complexity index is 1560. The van der Waals surface area contributed by atoms with Gasteiger partial charge in [-0.1, -0.05) is 18.2 Å². The van der Waals surface area contributed by atoms with Crippen molar-refractivity contribution in [3.8, 4) is 11.5 Å². The zero-order chi connectivity index (χ0) is 29.2. The number of rotatable bonds is 11. The van der Waals surface area contributed by atoms with Gasteiger partial charge < -0.3 is 20.1 Å². The van der Waals surface area contributed by atoms with E-state index in [1.165, 1.54) is 56.3 Å². The highest BCUT2D eigenvalue weighted by molar-refractivity contribution is 8.00. The molecule has 0 aliphatic rings. The van der Waals surface area contributed by atoms with Crippen molar-refractivity contribution in [3.05, 3.63) is 125 Å². The first kappa shape index (κ1) is 29.1. The van der Waals surface area contributed by atoms with Crippen LogP contribution in [-0.4, -0.2) is 37.6 Å². The Hall–Kier alpha value is -4.89. The first-order valence-corrected chi connectivity index (χ1v) is 13.5. The van der Waals surface area contributed by atoms with Crippen LogP contribution in [0.1, 0.15) is 26.3 Å². The van der Waals surface area contributed by atoms with E-state index in [-0.39, 0.29) is 17.2 Å². The molecule has 0 saturated carbocycles. The van der Waals surface area contributed by atoms with Crippen LogP contribution < -0.4 is 20.1 Å². The molecule has 41 heavy (non-hydrogen) atoms. The van der Waals surface area contributed by atoms with E-state index >= 15 is 0 Å². The van der Waals surface area contributed by atoms with E-state index in [1.807, 2.05) is 0 Å². The highest BCUT2D eigenvalue weighted by Gasteiger charge is 2.17. The zero-order valence-electron chi connectivity index (χ0n) is 22.3. The van der Waals surface area contributed by atoms with Gasteiger partial charge >= 0.3 is 0 Å². The fourth-order valence-corrected chi connectivity index (χ4v) is 4.53. The molecule has 4 aromatic carbocycles. The highest BCUT2D eigenvalue weighted by atomic mass is 32.2. The average molecular weight is 571 g/mol. The molecule has 0 bridgehead atoms. The Morgan fingerprint density at radius 2 is 1.54 bits per heavy atom. The van der Waals surface area contributed by atoms with E-state index in [4.69, 9.17) is 9.47 Å². The number of benzene rings is 4. The van der Waals surface area contributed by atoms with Gasteiger partial charge in [0.15, 0.2) is 5.78 Å². The molecule has 0 aromatic heterocycles. The lowest BCUT2D eigenvalue weighted by Gasteiger charge is -2.13. The number of hydrogen-bond donors (Lipinski definition) is 2. The van der Waals surface area contributed by atoms with Crippen LogP contribution >= 0.6 is 11.8 Å². The standard InChI is InChI=1S/C32H27FN2O5S/c1-39-26-15-10-23(30(19-26)40-2)18-28(35-31(37)22-6-4-3-5-7-22)32(38)34-25-13-16-27(17-14-25)41-20-29(36)21-8-11-24(33)12-9-21/h3-19H,20H2,1-2H3,(H,34,38)(H,35,37)/b28-18-. The minimum atomic E-state index is -0.543. The van der Waals surface area contributed by atoms with Gasteiger partial charge in [-0.2, -0.15) is 0 Å². The summed E-state index contributed by atoms with van der Waals surface area (Å²) in [6, 6.07) is 26.1. The van der Waals surface area contributed by atoms with Gasteiger partial charge in [-0.05, 0) is 78.9 Å². The first-order chi connectivity index (χ1) is 19.9. The Morgan fingerprint density at radius 1 is 0.829 bits per heavy atom. The van der Waals surface area contributed by atoms with Gasteiger partial charge in [0, 0.05) is 33.3 Å². The Kier molecular flexibility index (Phi) is 9.90. The Labute approximate surface area is 241 Å². The third-order valence-electron chi connectivity index (χ3n) is 5.92. The fourth-order valence-electron chi connectivity index (χ4n) is 3.74. The quantitative estimate of drug-likeness (QED) is 0.126. The van der Waals surface area contributed by atoms with Gasteiger partial charge in [0.1, 0.15) is 23.0 Å². The Balaban J connectivity index is 1.49. The van der Waals surface area contributed by atoms with Gasteiger partial charge in [-0.15, -0.1) is 11.8 Å². The summed E-state index contributed by atoms with van der Waals surface area (Å²) in [4.78, 5) is 39.5. The molecule has 0 spiro atoms. The smallest absolute Gasteiger partial charge is 0.272 e. The monoisotopic (exact) mass is 570 g/mol. The van der Waals surface area contributed by atoms with Crippen molar-refractivity contribution >= 4 is 41.1 Å². The molecule has 2 N–H and O–H groups in total. The summed E-state index contributed by atoms with van der Waals surface area (Å²) in [5.41, 5.74) is 1.89. The number of carbonyl (C=O) groups excluding carboxylic acids is 3. The number of carbonyl (C=O) groups is 3. The summed E-state index contributed by atoms with van der Waals surface area (Å²) < 4.78 is 23.8. The van der Waals surface area contributed by atoms with Crippen LogP contribution in [0.25, 0.3) is 6.08 Å². The summed E-state index contributed by atoms with van der Waals surface area (Å²) in [7, 11) is 3.04. The van der Waals surface area contributed by atoms with Crippen molar-refractivity contribution in [3.63, 3.8) is 0 Å². The zero-order valence-corrected chi connectivity index (χ0v) is 23.2. The van der Waals surface area contributed by atoms with Crippen molar-refractivity contribution in [2.45, 2.75) is 4.90 Å². The van der Waals surface area contributed by atoms with Crippen molar-refractivity contribution in [1.82, 2.24) is 5.32 Å². The van der Waals surface area contributed by atoms with Crippen LogP contribution in [0.3, 0.4) is 0 Å². The molecule has 0 fully saturated rings. The van der Waals surface area contributed by atoms with Gasteiger partial charge in [0.05, 0.1) is 20.0 Å². The maximum Gasteiger partial charge on any atom is 0.272 e. The lowest BCUT2D eigenvalue weighted by atomic mass is 10.1. The van der Waals surface area contributed by atoms with Crippen molar-refractivity contribution in [1.29, 1.82) is 0 Å². The number of ether oxygens (including phenoxy) is 2. The minimum absolute atomic E-state index is 0.00525. The second-order valence-corrected chi connectivity index (χ2v) is 9.73. The normalized spacial score (nSPS) is 11.0. The molecule has 4 rings (SSSR count). The van der Waals surface area contributed by atoms with Crippen LogP contribution in [-0.2, 0) is 4.79 Å². The topological polar surface area (TPSA) is 93.7 Å². The van der Waals surface area contributed by atoms with Crippen molar-refractivity contribution in [2.24, 2.45) is 0 Å². The molecule has 0 atom stereocenters. The maximum absolute atomic E-state index is 13.4. The number of halogens is 1. The number of Topliss-reactive ketones (excluding diaryl/α,β-unsaturated/α-hetero) is 1. The SMILES string of the molecule is COc1ccc(/C=C(\NC(=O)c2ccccc2)C(=O)Nc2ccc(SCC(=O)c3ccc(F)cc3)cc2)c(OC)c1. The molecule has 0 saturated heterocycles. The lowest BCUT2D eigenvalue weighted by Crippen LogP contribution is -2.30. The lowest BCUT2D eigenvalue weighted by molar-refractivity contribution is -0.113. The van der Waals surface area contributed by atoms with Gasteiger partial charge in [-0.3, -0.25) is 14.4 Å². The molecule has 208 valence electrons. The second-order valence-electron chi connectivity index (χ2n) is 8.68. The maximum atomic E-state index is 13.4. The molecule has 0 aliphatic heterocycles. The molecule has 9 heteroatoms. The molecular weight excluding hydrogens is 543 g/mol. The molecule has 0 radical (unpaired) electrons. The number of anilines is 1. The van der Waals surface area contributed by atoms with Crippen molar-refractivity contribution < 1.29 is 28.2 Å². The number of methoxy groups -OCH3 is 2. The van der Waals surface area contributed by atoms with Crippen LogP contribution in [0.5, 0.6) is 11.5 Å². The number of amides is 2. The van der Waals surface area contributed by atoms with Gasteiger partial charge in [-0.25, -0.2) is 4.39 Å². The van der Waals surface area contributed by atoms with Gasteiger partial charge in [0.2, 0.25) is 0 Å². The van der Waals surface area contributed by atoms with E-state index < -0.39 is 17.6 Å². The molecule has 7 nitrogen and oxygen atoms in total. The number of nitrogens with one attached hydrogen (secondary N) is 2. The molecule has 4 aromatic rings. The van der Waals surface area contributed by atoms with E-state index in [2.05, 4.69) is 10.6 Å². The predicted octanol–water partition coefficient (Wildman–Crippen LogP) is 6.23. The summed E-state index contributed by atoms with van der Waals surface area (Å²) in [6.07, 6.45) is 1.53. The fraction of sp³-hybridized carbons (Fsp3) is 0.0938. The van der Waals surface area contributed by atoms with E-state index in [1.54, 1.807) is 72.8 Å². The van der Waals surface area contributed by atoms with E-state index in [0.717, 1.165) is 4.90 Å². The summed E-state index contributed by atoms with van der Waals surface area (Å²) in [5, 5.41) is 5.51. The molecular formula is C32H27FN2O5S. The van der Waals surface area contributed by atoms with Gasteiger partial charge in [0.25, 0.3) is 11.8 Å². The van der Waals surface area contributed by atoms with Crippen molar-refractivity contribution in [2.75, 3.05) is 25.3 Å². The second kappa shape index (κ2) is 14.0. The molecule has 2 amide bonds. The van der Waals surface area contributed by atoms with Crippen LogP contribution in [0, 0.1) is 5.82 Å². The molecule has 0 unspecified atom stereocenters. The highest BCUT2D eigenvalue weighted by Crippen LogP contribution is 2.27. The Morgan fingerprint density at radius 3 is 2.20 bits per heavy atom. The number of thioether (sulfide) groups is 1. The summed E-state index contributed by atoms with van der Waals surface area (Å²) in [5.74, 6) is -0.288. The average Bonchev–Trinajstić information content (AvgIpc) is 3.01.